The van der Waals surface area contributed by atoms with E-state index in [1.54, 1.807) is 27.0 Å². The fraction of sp³-hybridized carbons (Fsp3) is 0.778. The molecule has 0 saturated carbocycles. The number of thioether (sulfide) groups is 1. The van der Waals surface area contributed by atoms with Crippen molar-refractivity contribution in [2.45, 2.75) is 32.4 Å². The number of carboxylic acids is 1. The maximum absolute atomic E-state index is 10.9. The zero-order valence-electron chi connectivity index (χ0n) is 9.39. The van der Waals surface area contributed by atoms with E-state index in [2.05, 4.69) is 0 Å². The van der Waals surface area contributed by atoms with E-state index in [-0.39, 0.29) is 0 Å². The topological polar surface area (TPSA) is 66.8 Å². The van der Waals surface area contributed by atoms with Crippen LogP contribution in [0.1, 0.15) is 20.8 Å². The number of carboxylic acid groups (broad SMARTS) is 1. The second-order valence-electron chi connectivity index (χ2n) is 3.98. The minimum absolute atomic E-state index is 0.296. The van der Waals surface area contributed by atoms with Crippen LogP contribution >= 0.6 is 11.8 Å². The van der Waals surface area contributed by atoms with Crippen molar-refractivity contribution in [3.8, 4) is 0 Å². The van der Waals surface area contributed by atoms with Crippen LogP contribution in [0, 0.1) is 0 Å². The first-order chi connectivity index (χ1) is 6.81. The SMILES string of the molecule is CSC[C@@H](C(=O)O)N(C=O)OC(C)(C)C. The third kappa shape index (κ3) is 5.64. The van der Waals surface area contributed by atoms with Gasteiger partial charge in [-0.3, -0.25) is 9.63 Å². The number of aliphatic carboxylic acids is 1. The summed E-state index contributed by atoms with van der Waals surface area (Å²) < 4.78 is 0. The molecule has 0 heterocycles. The first-order valence-corrected chi connectivity index (χ1v) is 5.85. The van der Waals surface area contributed by atoms with Crippen molar-refractivity contribution in [3.63, 3.8) is 0 Å². The first kappa shape index (κ1) is 14.2. The summed E-state index contributed by atoms with van der Waals surface area (Å²) in [4.78, 5) is 26.8. The van der Waals surface area contributed by atoms with Crippen molar-refractivity contribution < 1.29 is 19.5 Å². The summed E-state index contributed by atoms with van der Waals surface area (Å²) in [5.41, 5.74) is -0.590. The summed E-state index contributed by atoms with van der Waals surface area (Å²) in [6, 6.07) is -0.947. The molecule has 0 aliphatic rings. The minimum Gasteiger partial charge on any atom is -0.480 e. The Hall–Kier alpha value is -0.750. The number of nitrogens with zero attached hydrogens (tertiary/aromatic N) is 1. The predicted molar refractivity (Wildman–Crippen MR) is 58.5 cm³/mol. The van der Waals surface area contributed by atoms with E-state index in [0.29, 0.717) is 12.2 Å². The molecule has 88 valence electrons. The summed E-state index contributed by atoms with van der Waals surface area (Å²) in [7, 11) is 0. The molecule has 1 atom stereocenters. The summed E-state index contributed by atoms with van der Waals surface area (Å²) in [5, 5.41) is 9.77. The highest BCUT2D eigenvalue weighted by Gasteiger charge is 2.28. The lowest BCUT2D eigenvalue weighted by atomic mass is 10.2. The van der Waals surface area contributed by atoms with Gasteiger partial charge >= 0.3 is 5.97 Å². The van der Waals surface area contributed by atoms with Gasteiger partial charge in [-0.05, 0) is 27.0 Å². The van der Waals surface area contributed by atoms with Crippen LogP contribution in [0.15, 0.2) is 0 Å². The Labute approximate surface area is 93.7 Å². The van der Waals surface area contributed by atoms with Gasteiger partial charge in [0.15, 0.2) is 6.04 Å². The van der Waals surface area contributed by atoms with Crippen LogP contribution in [0.2, 0.25) is 0 Å². The van der Waals surface area contributed by atoms with Crippen LogP contribution in [0.5, 0.6) is 0 Å². The Bertz CT molecular complexity index is 227. The molecule has 1 amide bonds. The lowest BCUT2D eigenvalue weighted by Crippen LogP contribution is -2.46. The van der Waals surface area contributed by atoms with Gasteiger partial charge in [-0.25, -0.2) is 9.86 Å². The maximum Gasteiger partial charge on any atom is 0.329 e. The molecule has 0 saturated heterocycles. The van der Waals surface area contributed by atoms with Gasteiger partial charge in [0.05, 0.1) is 5.60 Å². The van der Waals surface area contributed by atoms with Crippen molar-refractivity contribution in [2.75, 3.05) is 12.0 Å². The van der Waals surface area contributed by atoms with E-state index >= 15 is 0 Å². The Morgan fingerprint density at radius 1 is 1.60 bits per heavy atom. The number of carbonyl (C=O) groups excluding carboxylic acids is 1. The summed E-state index contributed by atoms with van der Waals surface area (Å²) in [6.45, 7) is 5.25. The van der Waals surface area contributed by atoms with Gasteiger partial charge in [0, 0.05) is 5.75 Å². The predicted octanol–water partition coefficient (Wildman–Crippen LogP) is 0.991. The molecule has 0 bridgehead atoms. The van der Waals surface area contributed by atoms with E-state index in [1.165, 1.54) is 11.8 Å². The monoisotopic (exact) mass is 235 g/mol. The molecule has 0 spiro atoms. The quantitative estimate of drug-likeness (QED) is 0.549. The highest BCUT2D eigenvalue weighted by molar-refractivity contribution is 7.98. The van der Waals surface area contributed by atoms with E-state index in [1.807, 2.05) is 0 Å². The molecule has 6 heteroatoms. The van der Waals surface area contributed by atoms with Gasteiger partial charge in [0.1, 0.15) is 0 Å². The number of rotatable bonds is 6. The summed E-state index contributed by atoms with van der Waals surface area (Å²) >= 11 is 1.35. The number of carbonyl (C=O) groups is 2. The van der Waals surface area contributed by atoms with E-state index < -0.39 is 17.6 Å². The molecule has 0 rings (SSSR count). The molecule has 1 N–H and O–H groups in total. The van der Waals surface area contributed by atoms with Crippen LogP contribution in [0.25, 0.3) is 0 Å². The van der Waals surface area contributed by atoms with Gasteiger partial charge in [0.2, 0.25) is 6.41 Å². The van der Waals surface area contributed by atoms with Crippen molar-refractivity contribution in [2.24, 2.45) is 0 Å². The average molecular weight is 235 g/mol. The molecule has 0 fully saturated rings. The Morgan fingerprint density at radius 3 is 2.40 bits per heavy atom. The molecule has 0 aromatic carbocycles. The Balaban J connectivity index is 4.59. The molecule has 0 unspecified atom stereocenters. The van der Waals surface area contributed by atoms with E-state index in [9.17, 15) is 9.59 Å². The smallest absolute Gasteiger partial charge is 0.329 e. The lowest BCUT2D eigenvalue weighted by Gasteiger charge is -2.30. The second-order valence-corrected chi connectivity index (χ2v) is 4.89. The lowest BCUT2D eigenvalue weighted by molar-refractivity contribution is -0.231. The van der Waals surface area contributed by atoms with Crippen molar-refractivity contribution in [1.82, 2.24) is 5.06 Å². The van der Waals surface area contributed by atoms with Crippen LogP contribution in [0.4, 0.5) is 0 Å². The maximum atomic E-state index is 10.9. The van der Waals surface area contributed by atoms with Gasteiger partial charge < -0.3 is 5.11 Å². The number of amides is 1. The third-order valence-corrected chi connectivity index (χ3v) is 2.05. The summed E-state index contributed by atoms with van der Waals surface area (Å²) in [5.74, 6) is -0.773. The zero-order valence-corrected chi connectivity index (χ0v) is 10.2. The molecular formula is C9H17NO4S. The number of hydrogen-bond acceptors (Lipinski definition) is 4. The third-order valence-electron chi connectivity index (χ3n) is 1.40. The van der Waals surface area contributed by atoms with E-state index in [0.717, 1.165) is 5.06 Å². The molecule has 0 aromatic heterocycles. The van der Waals surface area contributed by atoms with E-state index in [4.69, 9.17) is 9.94 Å². The summed E-state index contributed by atoms with van der Waals surface area (Å²) in [6.07, 6.45) is 2.18. The molecule has 0 aliphatic heterocycles. The second kappa shape index (κ2) is 5.97. The van der Waals surface area contributed by atoms with Crippen molar-refractivity contribution in [3.05, 3.63) is 0 Å². The average Bonchev–Trinajstić information content (AvgIpc) is 2.08. The highest BCUT2D eigenvalue weighted by atomic mass is 32.2. The fourth-order valence-electron chi connectivity index (χ4n) is 0.886. The van der Waals surface area contributed by atoms with Gasteiger partial charge in [-0.2, -0.15) is 11.8 Å². The van der Waals surface area contributed by atoms with Crippen molar-refractivity contribution >= 4 is 24.1 Å². The van der Waals surface area contributed by atoms with Gasteiger partial charge in [0.25, 0.3) is 0 Å². The van der Waals surface area contributed by atoms with Crippen LogP contribution in [0.3, 0.4) is 0 Å². The largest absolute Gasteiger partial charge is 0.480 e. The number of hydrogen-bond donors (Lipinski definition) is 1. The van der Waals surface area contributed by atoms with Crippen LogP contribution in [-0.2, 0) is 14.4 Å². The number of hydroxylamine groups is 2. The zero-order chi connectivity index (χ0) is 12.1. The van der Waals surface area contributed by atoms with Gasteiger partial charge in [-0.1, -0.05) is 0 Å². The Morgan fingerprint density at radius 2 is 2.13 bits per heavy atom. The normalized spacial score (nSPS) is 13.3. The standard InChI is InChI=1S/C9H17NO4S/c1-9(2,3)14-10(6-11)7(5-15-4)8(12)13/h6-7H,5H2,1-4H3,(H,12,13)/t7-/m0/s1. The van der Waals surface area contributed by atoms with Gasteiger partial charge in [-0.15, -0.1) is 0 Å². The Kier molecular flexibility index (Phi) is 5.67. The molecule has 15 heavy (non-hydrogen) atoms. The molecule has 5 nitrogen and oxygen atoms in total. The highest BCUT2D eigenvalue weighted by Crippen LogP contribution is 2.14. The minimum atomic E-state index is -1.07. The first-order valence-electron chi connectivity index (χ1n) is 4.46. The van der Waals surface area contributed by atoms with Crippen LogP contribution in [-0.4, -0.2) is 46.2 Å². The molecule has 0 radical (unpaired) electrons. The molecule has 0 aliphatic carbocycles. The van der Waals surface area contributed by atoms with Crippen LogP contribution < -0.4 is 0 Å². The molecule has 0 aromatic rings. The molecular weight excluding hydrogens is 218 g/mol. The van der Waals surface area contributed by atoms with Crippen molar-refractivity contribution in [1.29, 1.82) is 0 Å². The fourth-order valence-corrected chi connectivity index (χ4v) is 1.49.